The Morgan fingerprint density at radius 1 is 1.21 bits per heavy atom. The number of nitrogens with two attached hydrogens (primary N) is 1. The molecule has 3 N–H and O–H groups in total. The third-order valence-electron chi connectivity index (χ3n) is 3.04. The van der Waals surface area contributed by atoms with Gasteiger partial charge in [-0.15, -0.1) is 0 Å². The van der Waals surface area contributed by atoms with Crippen molar-refractivity contribution in [3.8, 4) is 0 Å². The molecule has 0 saturated carbocycles. The van der Waals surface area contributed by atoms with E-state index < -0.39 is 10.2 Å². The summed E-state index contributed by atoms with van der Waals surface area (Å²) in [5.41, 5.74) is 6.18. The Bertz CT molecular complexity index is 548. The number of nitrogens with one attached hydrogen (secondary N) is 1. The van der Waals surface area contributed by atoms with Crippen LogP contribution in [0.3, 0.4) is 0 Å². The number of carbonyl (C=O) groups excluding carboxylic acids is 1. The third kappa shape index (κ3) is 3.31. The van der Waals surface area contributed by atoms with Crippen molar-refractivity contribution in [1.82, 2.24) is 4.31 Å². The summed E-state index contributed by atoms with van der Waals surface area (Å²) >= 11 is 0. The molecule has 1 saturated heterocycles. The Labute approximate surface area is 112 Å². The van der Waals surface area contributed by atoms with Gasteiger partial charge in [0.05, 0.1) is 6.54 Å². The summed E-state index contributed by atoms with van der Waals surface area (Å²) in [7, 11) is -3.48. The molecule has 7 heteroatoms. The second-order valence-corrected chi connectivity index (χ2v) is 6.09. The second-order valence-electron chi connectivity index (χ2n) is 4.42. The van der Waals surface area contributed by atoms with E-state index in [2.05, 4.69) is 4.72 Å². The first-order valence-corrected chi connectivity index (χ1v) is 7.58. The molecule has 1 aromatic rings. The van der Waals surface area contributed by atoms with Crippen molar-refractivity contribution in [2.75, 3.05) is 24.4 Å². The first-order valence-electron chi connectivity index (χ1n) is 6.14. The van der Waals surface area contributed by atoms with Crippen molar-refractivity contribution in [2.45, 2.75) is 12.8 Å². The molecule has 0 amide bonds. The first-order chi connectivity index (χ1) is 9.03. The summed E-state index contributed by atoms with van der Waals surface area (Å²) < 4.78 is 27.9. The van der Waals surface area contributed by atoms with E-state index in [4.69, 9.17) is 5.73 Å². The fraction of sp³-hybridized carbons (Fsp3) is 0.417. The van der Waals surface area contributed by atoms with Gasteiger partial charge in [0.2, 0.25) is 0 Å². The van der Waals surface area contributed by atoms with Crippen molar-refractivity contribution in [2.24, 2.45) is 5.73 Å². The van der Waals surface area contributed by atoms with Gasteiger partial charge >= 0.3 is 10.2 Å². The molecular formula is C12H17N3O3S. The molecule has 0 aromatic heterocycles. The maximum Gasteiger partial charge on any atom is 0.301 e. The van der Waals surface area contributed by atoms with E-state index in [0.29, 0.717) is 24.3 Å². The average molecular weight is 283 g/mol. The van der Waals surface area contributed by atoms with E-state index in [1.807, 2.05) is 0 Å². The van der Waals surface area contributed by atoms with Crippen LogP contribution >= 0.6 is 0 Å². The maximum atomic E-state index is 12.0. The summed E-state index contributed by atoms with van der Waals surface area (Å²) in [6.07, 6.45) is 1.79. The molecule has 1 aliphatic heterocycles. The molecule has 0 spiro atoms. The zero-order chi connectivity index (χ0) is 13.9. The molecule has 104 valence electrons. The van der Waals surface area contributed by atoms with Crippen molar-refractivity contribution in [1.29, 1.82) is 0 Å². The minimum absolute atomic E-state index is 0.0567. The van der Waals surface area contributed by atoms with Crippen LogP contribution in [0.5, 0.6) is 0 Å². The quantitative estimate of drug-likeness (QED) is 0.773. The molecule has 1 aromatic carbocycles. The predicted octanol–water partition coefficient (Wildman–Crippen LogP) is 0.580. The summed E-state index contributed by atoms with van der Waals surface area (Å²) in [5, 5.41) is 0. The smallest absolute Gasteiger partial charge is 0.301 e. The lowest BCUT2D eigenvalue weighted by atomic mass is 10.1. The van der Waals surface area contributed by atoms with Crippen LogP contribution in [-0.4, -0.2) is 38.1 Å². The largest absolute Gasteiger partial charge is 0.324 e. The Hall–Kier alpha value is -1.44. The van der Waals surface area contributed by atoms with Crippen molar-refractivity contribution >= 4 is 21.7 Å². The molecule has 0 radical (unpaired) electrons. The van der Waals surface area contributed by atoms with Gasteiger partial charge in [0.1, 0.15) is 0 Å². The van der Waals surface area contributed by atoms with Gasteiger partial charge in [0, 0.05) is 24.3 Å². The Morgan fingerprint density at radius 3 is 2.32 bits per heavy atom. The fourth-order valence-electron chi connectivity index (χ4n) is 1.98. The number of Topliss-reactive ketones (excluding diaryl/α,β-unsaturated/α-hetero) is 1. The monoisotopic (exact) mass is 283 g/mol. The number of hydrogen-bond acceptors (Lipinski definition) is 4. The molecule has 2 rings (SSSR count). The summed E-state index contributed by atoms with van der Waals surface area (Å²) in [5.74, 6) is -0.172. The maximum absolute atomic E-state index is 12.0. The number of hydrogen-bond donors (Lipinski definition) is 2. The zero-order valence-corrected chi connectivity index (χ0v) is 11.3. The van der Waals surface area contributed by atoms with E-state index >= 15 is 0 Å². The van der Waals surface area contributed by atoms with Crippen LogP contribution in [0, 0.1) is 0 Å². The highest BCUT2D eigenvalue weighted by molar-refractivity contribution is 7.90. The molecule has 19 heavy (non-hydrogen) atoms. The standard InChI is InChI=1S/C12H17N3O3S/c13-9-12(16)10-3-5-11(6-4-10)14-19(17,18)15-7-1-2-8-15/h3-6,14H,1-2,7-9,13H2. The van der Waals surface area contributed by atoms with Gasteiger partial charge in [-0.2, -0.15) is 12.7 Å². The molecule has 1 aliphatic rings. The van der Waals surface area contributed by atoms with E-state index in [9.17, 15) is 13.2 Å². The van der Waals surface area contributed by atoms with Crippen LogP contribution in [0.2, 0.25) is 0 Å². The molecule has 1 fully saturated rings. The SMILES string of the molecule is NCC(=O)c1ccc(NS(=O)(=O)N2CCCC2)cc1. The van der Waals surface area contributed by atoms with Crippen LogP contribution < -0.4 is 10.5 Å². The predicted molar refractivity (Wildman–Crippen MR) is 73.2 cm³/mol. The van der Waals surface area contributed by atoms with E-state index in [1.165, 1.54) is 4.31 Å². The van der Waals surface area contributed by atoms with Crippen LogP contribution in [0.1, 0.15) is 23.2 Å². The lowest BCUT2D eigenvalue weighted by Gasteiger charge is -2.16. The van der Waals surface area contributed by atoms with E-state index in [0.717, 1.165) is 12.8 Å². The second kappa shape index (κ2) is 5.68. The topological polar surface area (TPSA) is 92.5 Å². The van der Waals surface area contributed by atoms with Gasteiger partial charge in [-0.3, -0.25) is 9.52 Å². The number of carbonyl (C=O) groups is 1. The normalized spacial score (nSPS) is 16.5. The lowest BCUT2D eigenvalue weighted by molar-refractivity contribution is 0.100. The molecule has 1 heterocycles. The van der Waals surface area contributed by atoms with Crippen LogP contribution in [-0.2, 0) is 10.2 Å². The third-order valence-corrected chi connectivity index (χ3v) is 4.58. The van der Waals surface area contributed by atoms with Crippen molar-refractivity contribution in [3.05, 3.63) is 29.8 Å². The van der Waals surface area contributed by atoms with Gasteiger partial charge in [-0.25, -0.2) is 0 Å². The Morgan fingerprint density at radius 2 is 1.79 bits per heavy atom. The van der Waals surface area contributed by atoms with Gasteiger partial charge in [-0.1, -0.05) is 0 Å². The molecular weight excluding hydrogens is 266 g/mol. The van der Waals surface area contributed by atoms with Gasteiger partial charge < -0.3 is 5.73 Å². The number of rotatable bonds is 5. The highest BCUT2D eigenvalue weighted by atomic mass is 32.2. The number of ketones is 1. The first kappa shape index (κ1) is 14.0. The summed E-state index contributed by atoms with van der Waals surface area (Å²) in [6, 6.07) is 6.26. The molecule has 0 atom stereocenters. The van der Waals surface area contributed by atoms with Crippen LogP contribution in [0.15, 0.2) is 24.3 Å². The van der Waals surface area contributed by atoms with Gasteiger partial charge in [0.15, 0.2) is 5.78 Å². The molecule has 6 nitrogen and oxygen atoms in total. The van der Waals surface area contributed by atoms with Gasteiger partial charge in [0.25, 0.3) is 0 Å². The van der Waals surface area contributed by atoms with Crippen LogP contribution in [0.25, 0.3) is 0 Å². The summed E-state index contributed by atoms with van der Waals surface area (Å²) in [4.78, 5) is 11.3. The van der Waals surface area contributed by atoms with E-state index in [-0.39, 0.29) is 12.3 Å². The minimum atomic E-state index is -3.48. The van der Waals surface area contributed by atoms with Crippen molar-refractivity contribution in [3.63, 3.8) is 0 Å². The zero-order valence-electron chi connectivity index (χ0n) is 10.5. The van der Waals surface area contributed by atoms with Gasteiger partial charge in [-0.05, 0) is 37.1 Å². The average Bonchev–Trinajstić information content (AvgIpc) is 2.93. The highest BCUT2D eigenvalue weighted by Gasteiger charge is 2.24. The number of benzene rings is 1. The van der Waals surface area contributed by atoms with E-state index in [1.54, 1.807) is 24.3 Å². The highest BCUT2D eigenvalue weighted by Crippen LogP contribution is 2.17. The summed E-state index contributed by atoms with van der Waals surface area (Å²) in [6.45, 7) is 1.05. The minimum Gasteiger partial charge on any atom is -0.324 e. The lowest BCUT2D eigenvalue weighted by Crippen LogP contribution is -2.33. The van der Waals surface area contributed by atoms with Crippen LogP contribution in [0.4, 0.5) is 5.69 Å². The fourth-order valence-corrected chi connectivity index (χ4v) is 3.29. The molecule has 0 bridgehead atoms. The Balaban J connectivity index is 2.09. The number of anilines is 1. The Kier molecular flexibility index (Phi) is 4.18. The molecule has 0 unspecified atom stereocenters. The van der Waals surface area contributed by atoms with Crippen molar-refractivity contribution < 1.29 is 13.2 Å². The molecule has 0 aliphatic carbocycles. The number of nitrogens with zero attached hydrogens (tertiary/aromatic N) is 1.